The summed E-state index contributed by atoms with van der Waals surface area (Å²) in [5, 5.41) is 13.7. The van der Waals surface area contributed by atoms with Crippen molar-refractivity contribution in [3.05, 3.63) is 41.6 Å². The summed E-state index contributed by atoms with van der Waals surface area (Å²) in [7, 11) is -1.47. The Bertz CT molecular complexity index is 913. The number of carbonyl (C=O) groups excluding carboxylic acids is 1. The number of benzene rings is 1. The summed E-state index contributed by atoms with van der Waals surface area (Å²) in [5.74, 6) is 0.777. The van der Waals surface area contributed by atoms with E-state index in [0.29, 0.717) is 18.0 Å². The largest absolute Gasteiger partial charge is 0.495 e. The number of anilines is 2. The number of hydrogen-bond donors (Lipinski definition) is 2. The number of nitrogens with one attached hydrogen (secondary N) is 2. The number of methoxy groups -OCH3 is 1. The van der Waals surface area contributed by atoms with Gasteiger partial charge in [-0.1, -0.05) is 6.07 Å². The fourth-order valence-corrected chi connectivity index (χ4v) is 4.42. The van der Waals surface area contributed by atoms with Gasteiger partial charge in [-0.05, 0) is 43.2 Å². The molecule has 8 nitrogen and oxygen atoms in total. The van der Waals surface area contributed by atoms with Crippen molar-refractivity contribution in [1.82, 2.24) is 15.5 Å². The molecule has 1 aliphatic heterocycles. The smallest absolute Gasteiger partial charge is 0.272 e. The lowest BCUT2D eigenvalue weighted by Crippen LogP contribution is -2.36. The molecule has 1 fully saturated rings. The van der Waals surface area contributed by atoms with Crippen LogP contribution >= 0.6 is 0 Å². The molecule has 0 spiro atoms. The Kier molecular flexibility index (Phi) is 5.08. The predicted molar refractivity (Wildman–Crippen MR) is 97.6 cm³/mol. The topological polar surface area (TPSA) is 110 Å². The van der Waals surface area contributed by atoms with Crippen molar-refractivity contribution in [2.45, 2.75) is 19.4 Å². The third-order valence-corrected chi connectivity index (χ3v) is 5.85. The number of amides is 1. The van der Waals surface area contributed by atoms with Gasteiger partial charge in [0.1, 0.15) is 5.75 Å². The van der Waals surface area contributed by atoms with Crippen molar-refractivity contribution in [2.24, 2.45) is 0 Å². The monoisotopic (exact) mass is 376 g/mol. The second-order valence-electron chi connectivity index (χ2n) is 6.21. The maximum absolute atomic E-state index is 12.2. The first-order valence-corrected chi connectivity index (χ1v) is 9.95. The van der Waals surface area contributed by atoms with Crippen LogP contribution < -0.4 is 15.4 Å². The fraction of sp³-hybridized carbons (Fsp3) is 0.353. The molecule has 1 aliphatic rings. The molecule has 1 aromatic carbocycles. The molecular weight excluding hydrogens is 356 g/mol. The second kappa shape index (κ2) is 7.28. The molecule has 0 saturated carbocycles. The first-order valence-electron chi connectivity index (χ1n) is 8.13. The molecule has 138 valence electrons. The molecule has 2 aromatic rings. The van der Waals surface area contributed by atoms with E-state index in [1.165, 1.54) is 6.07 Å². The van der Waals surface area contributed by atoms with Gasteiger partial charge >= 0.3 is 0 Å². The zero-order valence-corrected chi connectivity index (χ0v) is 15.3. The number of carbonyl (C=O) groups is 1. The quantitative estimate of drug-likeness (QED) is 0.813. The summed E-state index contributed by atoms with van der Waals surface area (Å²) in [5.41, 5.74) is 1.94. The summed E-state index contributed by atoms with van der Waals surface area (Å²) in [4.78, 5) is 12.2. The van der Waals surface area contributed by atoms with Gasteiger partial charge in [0, 0.05) is 6.04 Å². The summed E-state index contributed by atoms with van der Waals surface area (Å²) >= 11 is 0. The maximum Gasteiger partial charge on any atom is 0.272 e. The van der Waals surface area contributed by atoms with Crippen molar-refractivity contribution in [3.8, 4) is 5.75 Å². The molecule has 0 aliphatic carbocycles. The van der Waals surface area contributed by atoms with Gasteiger partial charge in [-0.25, -0.2) is 8.42 Å². The standard InChI is InChI=1S/C17H20N4O4S/c1-11-3-5-15(25-2)14(9-11)19-16-6-4-13(20-21-16)17(22)18-12-7-8-26(23,24)10-12/h3-6,9,12H,7-8,10H2,1-2H3,(H,18,22)(H,19,21). The lowest BCUT2D eigenvalue weighted by molar-refractivity contribution is 0.0935. The zero-order chi connectivity index (χ0) is 18.7. The van der Waals surface area contributed by atoms with E-state index in [1.807, 2.05) is 25.1 Å². The van der Waals surface area contributed by atoms with E-state index in [-0.39, 0.29) is 23.2 Å². The number of aryl methyl sites for hydroxylation is 1. The van der Waals surface area contributed by atoms with Gasteiger partial charge in [-0.3, -0.25) is 4.79 Å². The predicted octanol–water partition coefficient (Wildman–Crippen LogP) is 1.45. The Morgan fingerprint density at radius 2 is 2.04 bits per heavy atom. The molecular formula is C17H20N4O4S. The highest BCUT2D eigenvalue weighted by molar-refractivity contribution is 7.91. The third kappa shape index (κ3) is 4.29. The van der Waals surface area contributed by atoms with Crippen molar-refractivity contribution < 1.29 is 17.9 Å². The van der Waals surface area contributed by atoms with Crippen LogP contribution in [0.15, 0.2) is 30.3 Å². The van der Waals surface area contributed by atoms with E-state index in [0.717, 1.165) is 11.3 Å². The maximum atomic E-state index is 12.2. The normalized spacial score (nSPS) is 18.3. The van der Waals surface area contributed by atoms with Crippen molar-refractivity contribution in [3.63, 3.8) is 0 Å². The Morgan fingerprint density at radius 1 is 1.23 bits per heavy atom. The van der Waals surface area contributed by atoms with E-state index in [4.69, 9.17) is 4.74 Å². The first kappa shape index (κ1) is 18.1. The number of ether oxygens (including phenoxy) is 1. The highest BCUT2D eigenvalue weighted by Gasteiger charge is 2.29. The Morgan fingerprint density at radius 3 is 2.65 bits per heavy atom. The first-order chi connectivity index (χ1) is 12.4. The molecule has 3 rings (SSSR count). The summed E-state index contributed by atoms with van der Waals surface area (Å²) in [6.45, 7) is 1.97. The van der Waals surface area contributed by atoms with E-state index in [2.05, 4.69) is 20.8 Å². The van der Waals surface area contributed by atoms with Crippen molar-refractivity contribution in [1.29, 1.82) is 0 Å². The van der Waals surface area contributed by atoms with E-state index < -0.39 is 15.7 Å². The highest BCUT2D eigenvalue weighted by Crippen LogP contribution is 2.27. The molecule has 1 amide bonds. The minimum absolute atomic E-state index is 0.0288. The van der Waals surface area contributed by atoms with E-state index in [9.17, 15) is 13.2 Å². The van der Waals surface area contributed by atoms with E-state index in [1.54, 1.807) is 13.2 Å². The number of hydrogen-bond acceptors (Lipinski definition) is 7. The minimum Gasteiger partial charge on any atom is -0.495 e. The molecule has 1 saturated heterocycles. The fourth-order valence-electron chi connectivity index (χ4n) is 2.75. The molecule has 2 N–H and O–H groups in total. The molecule has 1 atom stereocenters. The van der Waals surface area contributed by atoms with Crippen molar-refractivity contribution in [2.75, 3.05) is 23.9 Å². The van der Waals surface area contributed by atoms with Gasteiger partial charge in [0.05, 0.1) is 24.3 Å². The van der Waals surface area contributed by atoms with Crippen LogP contribution in [0.1, 0.15) is 22.5 Å². The van der Waals surface area contributed by atoms with Crippen LogP contribution in [0.3, 0.4) is 0 Å². The van der Waals surface area contributed by atoms with Gasteiger partial charge in [0.25, 0.3) is 5.91 Å². The van der Waals surface area contributed by atoms with Crippen LogP contribution in [0, 0.1) is 6.92 Å². The Hall–Kier alpha value is -2.68. The number of rotatable bonds is 5. The van der Waals surface area contributed by atoms with Crippen LogP contribution in [-0.2, 0) is 9.84 Å². The lowest BCUT2D eigenvalue weighted by atomic mass is 10.2. The van der Waals surface area contributed by atoms with Gasteiger partial charge in [0.15, 0.2) is 21.3 Å². The molecule has 2 heterocycles. The molecule has 26 heavy (non-hydrogen) atoms. The number of nitrogens with zero attached hydrogens (tertiary/aromatic N) is 2. The lowest BCUT2D eigenvalue weighted by Gasteiger charge is -2.12. The Balaban J connectivity index is 1.67. The van der Waals surface area contributed by atoms with Gasteiger partial charge in [-0.15, -0.1) is 10.2 Å². The van der Waals surface area contributed by atoms with Gasteiger partial charge < -0.3 is 15.4 Å². The second-order valence-corrected chi connectivity index (χ2v) is 8.43. The number of aromatic nitrogens is 2. The highest BCUT2D eigenvalue weighted by atomic mass is 32.2. The van der Waals surface area contributed by atoms with Crippen LogP contribution in [-0.4, -0.2) is 49.2 Å². The molecule has 1 aromatic heterocycles. The van der Waals surface area contributed by atoms with Crippen LogP contribution in [0.5, 0.6) is 5.75 Å². The van der Waals surface area contributed by atoms with Gasteiger partial charge in [-0.2, -0.15) is 0 Å². The molecule has 9 heteroatoms. The Labute approximate surface area is 151 Å². The SMILES string of the molecule is COc1ccc(C)cc1Nc1ccc(C(=O)NC2CCS(=O)(=O)C2)nn1. The number of sulfone groups is 1. The van der Waals surface area contributed by atoms with Crippen LogP contribution in [0.4, 0.5) is 11.5 Å². The molecule has 0 radical (unpaired) electrons. The average Bonchev–Trinajstić information content (AvgIpc) is 2.94. The average molecular weight is 376 g/mol. The van der Waals surface area contributed by atoms with Crippen LogP contribution in [0.2, 0.25) is 0 Å². The zero-order valence-electron chi connectivity index (χ0n) is 14.5. The summed E-state index contributed by atoms with van der Waals surface area (Å²) in [6.07, 6.45) is 0.425. The molecule has 0 bridgehead atoms. The molecule has 1 unspecified atom stereocenters. The van der Waals surface area contributed by atoms with Gasteiger partial charge in [0.2, 0.25) is 0 Å². The van der Waals surface area contributed by atoms with Crippen molar-refractivity contribution >= 4 is 27.2 Å². The van der Waals surface area contributed by atoms with E-state index >= 15 is 0 Å². The summed E-state index contributed by atoms with van der Waals surface area (Å²) < 4.78 is 28.2. The third-order valence-electron chi connectivity index (χ3n) is 4.08. The minimum atomic E-state index is -3.05. The van der Waals surface area contributed by atoms with Crippen LogP contribution in [0.25, 0.3) is 0 Å². The summed E-state index contributed by atoms with van der Waals surface area (Å²) in [6, 6.07) is 8.51.